The molecule has 112 valence electrons. The third-order valence-electron chi connectivity index (χ3n) is 3.86. The van der Waals surface area contributed by atoms with Gasteiger partial charge in [-0.05, 0) is 36.2 Å². The summed E-state index contributed by atoms with van der Waals surface area (Å²) < 4.78 is 6.23. The van der Waals surface area contributed by atoms with Gasteiger partial charge in [0.2, 0.25) is 0 Å². The summed E-state index contributed by atoms with van der Waals surface area (Å²) in [6, 6.07) is 12.6. The van der Waals surface area contributed by atoms with Crippen molar-refractivity contribution in [1.29, 1.82) is 0 Å². The van der Waals surface area contributed by atoms with E-state index in [4.69, 9.17) is 9.84 Å². The van der Waals surface area contributed by atoms with Crippen LogP contribution in [-0.4, -0.2) is 17.0 Å². The van der Waals surface area contributed by atoms with E-state index in [9.17, 15) is 9.59 Å². The Morgan fingerprint density at radius 3 is 2.55 bits per heavy atom. The number of fused-ring (bicyclic) bond motifs is 1. The van der Waals surface area contributed by atoms with Crippen LogP contribution in [0.15, 0.2) is 46.9 Å². The van der Waals surface area contributed by atoms with Gasteiger partial charge in [0.05, 0.1) is 5.92 Å². The molecule has 0 bridgehead atoms. The largest absolute Gasteiger partial charge is 0.481 e. The lowest BCUT2D eigenvalue weighted by atomic mass is 9.89. The van der Waals surface area contributed by atoms with E-state index >= 15 is 0 Å². The molecule has 0 saturated heterocycles. The Labute approximate surface area is 135 Å². The van der Waals surface area contributed by atoms with Gasteiger partial charge < -0.3 is 9.84 Å². The van der Waals surface area contributed by atoms with Crippen LogP contribution in [0.2, 0.25) is 0 Å². The number of carboxylic acids is 1. The number of carbonyl (C=O) groups excluding carboxylic acids is 1. The fourth-order valence-corrected chi connectivity index (χ4v) is 2.83. The van der Waals surface area contributed by atoms with E-state index in [1.165, 1.54) is 0 Å². The predicted octanol–water partition coefficient (Wildman–Crippen LogP) is 3.69. The number of aliphatic carboxylic acids is 1. The van der Waals surface area contributed by atoms with Gasteiger partial charge in [0.15, 0.2) is 0 Å². The first-order valence-corrected chi connectivity index (χ1v) is 7.60. The number of hydrogen-bond acceptors (Lipinski definition) is 3. The molecule has 0 saturated carbocycles. The van der Waals surface area contributed by atoms with Gasteiger partial charge in [0.25, 0.3) is 0 Å². The minimum Gasteiger partial charge on any atom is -0.481 e. The molecule has 1 aliphatic heterocycles. The van der Waals surface area contributed by atoms with Crippen LogP contribution in [0.25, 0.3) is 0 Å². The topological polar surface area (TPSA) is 63.6 Å². The van der Waals surface area contributed by atoms with E-state index in [1.54, 1.807) is 25.1 Å². The summed E-state index contributed by atoms with van der Waals surface area (Å²) in [6.07, 6.45) is 0. The van der Waals surface area contributed by atoms with Crippen molar-refractivity contribution < 1.29 is 19.4 Å². The van der Waals surface area contributed by atoms with Crippen LogP contribution in [-0.2, 0) is 9.59 Å². The van der Waals surface area contributed by atoms with Gasteiger partial charge in [-0.25, -0.2) is 0 Å². The van der Waals surface area contributed by atoms with Gasteiger partial charge in [-0.2, -0.15) is 0 Å². The smallest absolute Gasteiger partial charge is 0.323 e. The first-order chi connectivity index (χ1) is 10.5. The van der Waals surface area contributed by atoms with Crippen molar-refractivity contribution in [2.75, 3.05) is 0 Å². The number of hydrogen-bond donors (Lipinski definition) is 1. The number of carbonyl (C=O) groups is 2. The minimum absolute atomic E-state index is 0.336. The Balaban J connectivity index is 2.05. The molecule has 0 fully saturated rings. The normalized spacial score (nSPS) is 17.7. The third kappa shape index (κ3) is 2.52. The number of rotatable bonds is 3. The van der Waals surface area contributed by atoms with Crippen molar-refractivity contribution >= 4 is 27.9 Å². The zero-order valence-electron chi connectivity index (χ0n) is 11.7. The maximum atomic E-state index is 12.2. The Bertz CT molecular complexity index is 752. The van der Waals surface area contributed by atoms with E-state index < -0.39 is 17.8 Å². The molecular formula is C17H13BrO4. The fraction of sp³-hybridized carbons (Fsp3) is 0.176. The first kappa shape index (κ1) is 14.8. The van der Waals surface area contributed by atoms with Crippen LogP contribution < -0.4 is 4.74 Å². The number of esters is 1. The van der Waals surface area contributed by atoms with Gasteiger partial charge in [-0.15, -0.1) is 0 Å². The third-order valence-corrected chi connectivity index (χ3v) is 4.39. The van der Waals surface area contributed by atoms with Crippen molar-refractivity contribution in [1.82, 2.24) is 0 Å². The zero-order chi connectivity index (χ0) is 15.9. The molecule has 2 aromatic rings. The standard InChI is InChI=1S/C17H13BrO4/c1-9(16(19)20)11-4-7-14-13(8-11)15(17(21)22-14)10-2-5-12(18)6-3-10/h2-9,15H,1H3,(H,19,20). The summed E-state index contributed by atoms with van der Waals surface area (Å²) in [5.41, 5.74) is 2.21. The monoisotopic (exact) mass is 360 g/mol. The van der Waals surface area contributed by atoms with E-state index in [2.05, 4.69) is 15.9 Å². The average Bonchev–Trinajstić information content (AvgIpc) is 2.82. The van der Waals surface area contributed by atoms with Gasteiger partial charge in [0.1, 0.15) is 11.7 Å². The zero-order valence-corrected chi connectivity index (χ0v) is 13.3. The molecule has 0 radical (unpaired) electrons. The molecule has 1 aliphatic rings. The lowest BCUT2D eigenvalue weighted by Crippen LogP contribution is -2.12. The second-order valence-electron chi connectivity index (χ2n) is 5.26. The highest BCUT2D eigenvalue weighted by molar-refractivity contribution is 9.10. The molecule has 4 nitrogen and oxygen atoms in total. The SMILES string of the molecule is CC(C(=O)O)c1ccc2c(c1)C(c1ccc(Br)cc1)C(=O)O2. The van der Waals surface area contributed by atoms with E-state index in [1.807, 2.05) is 24.3 Å². The van der Waals surface area contributed by atoms with E-state index in [-0.39, 0.29) is 5.97 Å². The highest BCUT2D eigenvalue weighted by Crippen LogP contribution is 2.40. The van der Waals surface area contributed by atoms with Crippen molar-refractivity contribution in [3.8, 4) is 5.75 Å². The van der Waals surface area contributed by atoms with Crippen molar-refractivity contribution in [2.45, 2.75) is 18.8 Å². The van der Waals surface area contributed by atoms with Gasteiger partial charge in [-0.1, -0.05) is 40.2 Å². The molecule has 3 rings (SSSR count). The van der Waals surface area contributed by atoms with Gasteiger partial charge >= 0.3 is 11.9 Å². The molecule has 0 amide bonds. The highest BCUT2D eigenvalue weighted by atomic mass is 79.9. The molecule has 1 heterocycles. The molecule has 5 heteroatoms. The molecule has 22 heavy (non-hydrogen) atoms. The molecular weight excluding hydrogens is 348 g/mol. The Hall–Kier alpha value is -2.14. The lowest BCUT2D eigenvalue weighted by Gasteiger charge is -2.11. The summed E-state index contributed by atoms with van der Waals surface area (Å²) in [6.45, 7) is 1.62. The quantitative estimate of drug-likeness (QED) is 0.669. The minimum atomic E-state index is -0.898. The molecule has 2 atom stereocenters. The molecule has 0 spiro atoms. The van der Waals surface area contributed by atoms with Gasteiger partial charge in [-0.3, -0.25) is 9.59 Å². The molecule has 0 aromatic heterocycles. The number of benzene rings is 2. The summed E-state index contributed by atoms with van der Waals surface area (Å²) >= 11 is 3.37. The highest BCUT2D eigenvalue weighted by Gasteiger charge is 2.35. The van der Waals surface area contributed by atoms with Gasteiger partial charge in [0, 0.05) is 10.0 Å². The van der Waals surface area contributed by atoms with Crippen LogP contribution >= 0.6 is 15.9 Å². The van der Waals surface area contributed by atoms with Crippen LogP contribution in [0.3, 0.4) is 0 Å². The van der Waals surface area contributed by atoms with E-state index in [0.29, 0.717) is 11.3 Å². The predicted molar refractivity (Wildman–Crippen MR) is 84.1 cm³/mol. The van der Waals surface area contributed by atoms with Crippen LogP contribution in [0.1, 0.15) is 35.4 Å². The molecule has 2 aromatic carbocycles. The fourth-order valence-electron chi connectivity index (χ4n) is 2.56. The number of carboxylic acid groups (broad SMARTS) is 1. The second kappa shape index (κ2) is 5.57. The molecule has 1 N–H and O–H groups in total. The van der Waals surface area contributed by atoms with Crippen molar-refractivity contribution in [3.63, 3.8) is 0 Å². The maximum absolute atomic E-state index is 12.2. The lowest BCUT2D eigenvalue weighted by molar-refractivity contribution is -0.138. The van der Waals surface area contributed by atoms with E-state index in [0.717, 1.165) is 15.6 Å². The Kier molecular flexibility index (Phi) is 3.74. The summed E-state index contributed by atoms with van der Waals surface area (Å²) in [7, 11) is 0. The Morgan fingerprint density at radius 2 is 1.91 bits per heavy atom. The van der Waals surface area contributed by atoms with Crippen LogP contribution in [0, 0.1) is 0 Å². The van der Waals surface area contributed by atoms with Crippen LogP contribution in [0.5, 0.6) is 5.75 Å². The first-order valence-electron chi connectivity index (χ1n) is 6.81. The number of halogens is 1. The average molecular weight is 361 g/mol. The second-order valence-corrected chi connectivity index (χ2v) is 6.18. The summed E-state index contributed by atoms with van der Waals surface area (Å²) in [4.78, 5) is 23.3. The van der Waals surface area contributed by atoms with Crippen LogP contribution in [0.4, 0.5) is 0 Å². The summed E-state index contributed by atoms with van der Waals surface area (Å²) in [5, 5.41) is 9.15. The van der Waals surface area contributed by atoms with Crippen molar-refractivity contribution in [3.05, 3.63) is 63.6 Å². The van der Waals surface area contributed by atoms with Crippen molar-refractivity contribution in [2.24, 2.45) is 0 Å². The summed E-state index contributed by atoms with van der Waals surface area (Å²) in [5.74, 6) is -1.88. The molecule has 0 aliphatic carbocycles. The number of ether oxygens (including phenoxy) is 1. The maximum Gasteiger partial charge on any atom is 0.323 e. The Morgan fingerprint density at radius 1 is 1.23 bits per heavy atom. The molecule has 2 unspecified atom stereocenters.